The zero-order chi connectivity index (χ0) is 10.8. The van der Waals surface area contributed by atoms with Crippen LogP contribution in [0.4, 0.5) is 4.39 Å². The molecule has 0 atom stereocenters. The van der Waals surface area contributed by atoms with Gasteiger partial charge >= 0.3 is 0 Å². The lowest BCUT2D eigenvalue weighted by atomic mass is 10.1. The summed E-state index contributed by atoms with van der Waals surface area (Å²) in [5.41, 5.74) is -0.163. The van der Waals surface area contributed by atoms with Crippen molar-refractivity contribution in [2.75, 3.05) is 0 Å². The number of halogens is 1. The summed E-state index contributed by atoms with van der Waals surface area (Å²) in [7, 11) is 0. The highest BCUT2D eigenvalue weighted by atomic mass is 19.1. The van der Waals surface area contributed by atoms with E-state index in [4.69, 9.17) is 10.00 Å². The molecule has 0 aliphatic carbocycles. The number of hydrogen-bond donors (Lipinski definition) is 0. The monoisotopic (exact) mass is 193 g/mol. The molecule has 0 unspecified atom stereocenters. The van der Waals surface area contributed by atoms with E-state index in [1.54, 1.807) is 0 Å². The summed E-state index contributed by atoms with van der Waals surface area (Å²) in [5.74, 6) is -0.00999. The Bertz CT molecular complexity index is 374. The molecule has 0 N–H and O–H groups in total. The van der Waals surface area contributed by atoms with E-state index in [0.717, 1.165) is 0 Å². The van der Waals surface area contributed by atoms with Crippen molar-refractivity contribution in [2.45, 2.75) is 26.4 Å². The highest BCUT2D eigenvalue weighted by Crippen LogP contribution is 2.23. The third-order valence-electron chi connectivity index (χ3n) is 1.48. The molecule has 0 spiro atoms. The minimum absolute atomic E-state index is 0.222. The lowest BCUT2D eigenvalue weighted by Crippen LogP contribution is -2.23. The van der Waals surface area contributed by atoms with Crippen molar-refractivity contribution >= 4 is 0 Å². The largest absolute Gasteiger partial charge is 0.487 e. The van der Waals surface area contributed by atoms with Gasteiger partial charge in [0.25, 0.3) is 0 Å². The van der Waals surface area contributed by atoms with Crippen LogP contribution in [0.15, 0.2) is 18.2 Å². The average molecular weight is 193 g/mol. The molecular formula is C11H12FNO. The summed E-state index contributed by atoms with van der Waals surface area (Å²) in [4.78, 5) is 0. The van der Waals surface area contributed by atoms with E-state index >= 15 is 0 Å². The Morgan fingerprint density at radius 3 is 2.50 bits per heavy atom. The molecule has 3 heteroatoms. The van der Waals surface area contributed by atoms with Crippen LogP contribution >= 0.6 is 0 Å². The fourth-order valence-electron chi connectivity index (χ4n) is 1.01. The van der Waals surface area contributed by atoms with Crippen molar-refractivity contribution in [3.8, 4) is 11.8 Å². The van der Waals surface area contributed by atoms with Crippen LogP contribution in [0.25, 0.3) is 0 Å². The third-order valence-corrected chi connectivity index (χ3v) is 1.48. The van der Waals surface area contributed by atoms with Gasteiger partial charge in [-0.2, -0.15) is 5.26 Å². The normalized spacial score (nSPS) is 10.8. The van der Waals surface area contributed by atoms with Crippen LogP contribution in [0.3, 0.4) is 0 Å². The predicted molar refractivity (Wildman–Crippen MR) is 51.5 cm³/mol. The summed E-state index contributed by atoms with van der Waals surface area (Å²) in [6.45, 7) is 5.62. The van der Waals surface area contributed by atoms with Gasteiger partial charge in [-0.25, -0.2) is 4.39 Å². The van der Waals surface area contributed by atoms with Gasteiger partial charge in [-0.05, 0) is 39.0 Å². The van der Waals surface area contributed by atoms with E-state index < -0.39 is 5.82 Å². The van der Waals surface area contributed by atoms with E-state index in [1.165, 1.54) is 18.2 Å². The maximum Gasteiger partial charge on any atom is 0.138 e. The first-order valence-corrected chi connectivity index (χ1v) is 4.31. The third kappa shape index (κ3) is 2.74. The van der Waals surface area contributed by atoms with Crippen molar-refractivity contribution in [1.29, 1.82) is 5.26 Å². The van der Waals surface area contributed by atoms with E-state index in [-0.39, 0.29) is 11.2 Å². The Morgan fingerprint density at radius 2 is 2.00 bits per heavy atom. The van der Waals surface area contributed by atoms with E-state index in [0.29, 0.717) is 5.75 Å². The summed E-state index contributed by atoms with van der Waals surface area (Å²) in [5, 5.41) is 8.74. The molecule has 1 aromatic rings. The van der Waals surface area contributed by atoms with Gasteiger partial charge in [-0.15, -0.1) is 0 Å². The van der Waals surface area contributed by atoms with Gasteiger partial charge < -0.3 is 4.74 Å². The van der Waals surface area contributed by atoms with Crippen LogP contribution in [-0.2, 0) is 0 Å². The molecule has 0 bridgehead atoms. The molecular weight excluding hydrogens is 181 g/mol. The first kappa shape index (κ1) is 10.5. The van der Waals surface area contributed by atoms with E-state index in [2.05, 4.69) is 0 Å². The van der Waals surface area contributed by atoms with Crippen molar-refractivity contribution in [3.05, 3.63) is 29.6 Å². The topological polar surface area (TPSA) is 33.0 Å². The standard InChI is InChI=1S/C11H12FNO/c1-11(2,3)14-10-5-4-9(12)6-8(10)7-13/h4-6H,1-3H3. The Morgan fingerprint density at radius 1 is 1.36 bits per heavy atom. The number of ether oxygens (including phenoxy) is 1. The van der Waals surface area contributed by atoms with Crippen LogP contribution in [-0.4, -0.2) is 5.60 Å². The van der Waals surface area contributed by atoms with Crippen molar-refractivity contribution in [1.82, 2.24) is 0 Å². The van der Waals surface area contributed by atoms with E-state index in [1.807, 2.05) is 26.8 Å². The molecule has 0 radical (unpaired) electrons. The zero-order valence-corrected chi connectivity index (χ0v) is 8.47. The Hall–Kier alpha value is -1.56. The maximum atomic E-state index is 12.8. The smallest absolute Gasteiger partial charge is 0.138 e. The molecule has 0 amide bonds. The fourth-order valence-corrected chi connectivity index (χ4v) is 1.01. The number of nitrogens with zero attached hydrogens (tertiary/aromatic N) is 1. The zero-order valence-electron chi connectivity index (χ0n) is 8.47. The van der Waals surface area contributed by atoms with Gasteiger partial charge in [-0.3, -0.25) is 0 Å². The highest BCUT2D eigenvalue weighted by molar-refractivity contribution is 5.43. The van der Waals surface area contributed by atoms with Crippen LogP contribution in [0.5, 0.6) is 5.75 Å². The van der Waals surface area contributed by atoms with Crippen molar-refractivity contribution in [2.24, 2.45) is 0 Å². The van der Waals surface area contributed by atoms with Gasteiger partial charge in [0, 0.05) is 0 Å². The summed E-state index contributed by atoms with van der Waals surface area (Å²) in [6, 6.07) is 5.81. The van der Waals surface area contributed by atoms with Crippen molar-refractivity contribution in [3.63, 3.8) is 0 Å². The molecule has 0 aliphatic heterocycles. The van der Waals surface area contributed by atoms with Gasteiger partial charge in [0.15, 0.2) is 0 Å². The predicted octanol–water partition coefficient (Wildman–Crippen LogP) is 2.87. The summed E-state index contributed by atoms with van der Waals surface area (Å²) in [6.07, 6.45) is 0. The lowest BCUT2D eigenvalue weighted by Gasteiger charge is -2.21. The van der Waals surface area contributed by atoms with Crippen LogP contribution in [0.2, 0.25) is 0 Å². The number of hydrogen-bond acceptors (Lipinski definition) is 2. The summed E-state index contributed by atoms with van der Waals surface area (Å²) < 4.78 is 18.2. The Labute approximate surface area is 82.9 Å². The minimum atomic E-state index is -0.428. The van der Waals surface area contributed by atoms with Gasteiger partial charge in [0.1, 0.15) is 23.2 Å². The number of rotatable bonds is 1. The maximum absolute atomic E-state index is 12.8. The first-order chi connectivity index (χ1) is 6.42. The second kappa shape index (κ2) is 3.67. The molecule has 0 aliphatic rings. The van der Waals surface area contributed by atoms with Crippen molar-refractivity contribution < 1.29 is 9.13 Å². The molecule has 14 heavy (non-hydrogen) atoms. The van der Waals surface area contributed by atoms with E-state index in [9.17, 15) is 4.39 Å². The first-order valence-electron chi connectivity index (χ1n) is 4.31. The highest BCUT2D eigenvalue weighted by Gasteiger charge is 2.14. The summed E-state index contributed by atoms with van der Waals surface area (Å²) >= 11 is 0. The SMILES string of the molecule is CC(C)(C)Oc1ccc(F)cc1C#N. The van der Waals surface area contributed by atoms with Gasteiger partial charge in [-0.1, -0.05) is 0 Å². The molecule has 0 saturated heterocycles. The molecule has 1 rings (SSSR count). The van der Waals surface area contributed by atoms with Gasteiger partial charge in [0.2, 0.25) is 0 Å². The lowest BCUT2D eigenvalue weighted by molar-refractivity contribution is 0.130. The number of benzene rings is 1. The second-order valence-corrected chi connectivity index (χ2v) is 3.97. The molecule has 0 heterocycles. The van der Waals surface area contributed by atoms with Crippen LogP contribution < -0.4 is 4.74 Å². The molecule has 0 aromatic heterocycles. The molecule has 0 fully saturated rings. The van der Waals surface area contributed by atoms with Crippen LogP contribution in [0, 0.1) is 17.1 Å². The van der Waals surface area contributed by atoms with Gasteiger partial charge in [0.05, 0.1) is 5.56 Å². The second-order valence-electron chi connectivity index (χ2n) is 3.97. The molecule has 0 saturated carbocycles. The molecule has 1 aromatic carbocycles. The molecule has 2 nitrogen and oxygen atoms in total. The fraction of sp³-hybridized carbons (Fsp3) is 0.364. The minimum Gasteiger partial charge on any atom is -0.487 e. The quantitative estimate of drug-likeness (QED) is 0.687. The number of nitriles is 1. The average Bonchev–Trinajstić information content (AvgIpc) is 2.06. The Kier molecular flexibility index (Phi) is 2.76. The molecule has 74 valence electrons. The van der Waals surface area contributed by atoms with Crippen LogP contribution in [0.1, 0.15) is 26.3 Å². The Balaban J connectivity index is 3.05.